The van der Waals surface area contributed by atoms with Gasteiger partial charge in [0.05, 0.1) is 0 Å². The van der Waals surface area contributed by atoms with Crippen LogP contribution < -0.4 is 9.80 Å². The van der Waals surface area contributed by atoms with Gasteiger partial charge in [0.15, 0.2) is 0 Å². The minimum Gasteiger partial charge on any atom is -0.378 e. The van der Waals surface area contributed by atoms with Crippen LogP contribution in [0.2, 0.25) is 0 Å². The summed E-state index contributed by atoms with van der Waals surface area (Å²) in [5, 5.41) is 0. The number of hydrogen-bond donors (Lipinski definition) is 0. The molecule has 0 saturated carbocycles. The van der Waals surface area contributed by atoms with Crippen LogP contribution in [-0.2, 0) is 0 Å². The van der Waals surface area contributed by atoms with E-state index in [1.165, 1.54) is 0 Å². The second-order valence-corrected chi connectivity index (χ2v) is 5.21. The predicted molar refractivity (Wildman–Crippen MR) is 92.3 cm³/mol. The van der Waals surface area contributed by atoms with Gasteiger partial charge in [-0.15, -0.1) is 0 Å². The van der Waals surface area contributed by atoms with Gasteiger partial charge in [0.1, 0.15) is 12.6 Å². The lowest BCUT2D eigenvalue weighted by atomic mass is 10.2. The number of benzene rings is 2. The SMILES string of the molecule is CN(C)c1ccc(C=O)cc1.CN(C)c1ccc(C=O)cc1. The van der Waals surface area contributed by atoms with Crippen molar-refractivity contribution in [3.63, 3.8) is 0 Å². The zero-order chi connectivity index (χ0) is 16.5. The average Bonchev–Trinajstić information content (AvgIpc) is 2.55. The van der Waals surface area contributed by atoms with Gasteiger partial charge in [0, 0.05) is 50.7 Å². The number of nitrogens with zero attached hydrogens (tertiary/aromatic N) is 2. The van der Waals surface area contributed by atoms with Crippen LogP contribution in [0.25, 0.3) is 0 Å². The molecule has 0 aliphatic heterocycles. The Morgan fingerprint density at radius 3 is 1.05 bits per heavy atom. The second kappa shape index (κ2) is 8.62. The maximum absolute atomic E-state index is 10.3. The van der Waals surface area contributed by atoms with Crippen molar-refractivity contribution in [3.8, 4) is 0 Å². The van der Waals surface area contributed by atoms with Gasteiger partial charge in [0.2, 0.25) is 0 Å². The average molecular weight is 298 g/mol. The normalized spacial score (nSPS) is 9.27. The third kappa shape index (κ3) is 5.40. The number of carbonyl (C=O) groups excluding carboxylic acids is 2. The van der Waals surface area contributed by atoms with E-state index >= 15 is 0 Å². The number of rotatable bonds is 4. The highest BCUT2D eigenvalue weighted by atomic mass is 16.1. The van der Waals surface area contributed by atoms with Crippen molar-refractivity contribution in [3.05, 3.63) is 59.7 Å². The van der Waals surface area contributed by atoms with Crippen molar-refractivity contribution in [1.82, 2.24) is 0 Å². The van der Waals surface area contributed by atoms with E-state index in [-0.39, 0.29) is 0 Å². The van der Waals surface area contributed by atoms with Gasteiger partial charge in [0.25, 0.3) is 0 Å². The summed E-state index contributed by atoms with van der Waals surface area (Å²) in [6.07, 6.45) is 1.69. The Morgan fingerprint density at radius 1 is 0.591 bits per heavy atom. The van der Waals surface area contributed by atoms with Crippen molar-refractivity contribution in [1.29, 1.82) is 0 Å². The van der Waals surface area contributed by atoms with Crippen molar-refractivity contribution < 1.29 is 9.59 Å². The number of carbonyl (C=O) groups is 2. The summed E-state index contributed by atoms with van der Waals surface area (Å²) in [6.45, 7) is 0. The summed E-state index contributed by atoms with van der Waals surface area (Å²) >= 11 is 0. The third-order valence-corrected chi connectivity index (χ3v) is 3.09. The van der Waals surface area contributed by atoms with Gasteiger partial charge in [-0.2, -0.15) is 0 Å². The monoisotopic (exact) mass is 298 g/mol. The Labute approximate surface area is 132 Å². The molecule has 22 heavy (non-hydrogen) atoms. The molecule has 0 aliphatic carbocycles. The predicted octanol–water partition coefficient (Wildman–Crippen LogP) is 3.13. The molecule has 0 unspecified atom stereocenters. The van der Waals surface area contributed by atoms with Crippen molar-refractivity contribution in [2.75, 3.05) is 38.0 Å². The number of hydrogen-bond acceptors (Lipinski definition) is 4. The Hall–Kier alpha value is -2.62. The van der Waals surface area contributed by atoms with E-state index in [1.54, 1.807) is 0 Å². The van der Waals surface area contributed by atoms with Crippen LogP contribution in [0.5, 0.6) is 0 Å². The lowest BCUT2D eigenvalue weighted by Gasteiger charge is -2.11. The van der Waals surface area contributed by atoms with Crippen LogP contribution >= 0.6 is 0 Å². The molecule has 0 spiro atoms. The smallest absolute Gasteiger partial charge is 0.150 e. The van der Waals surface area contributed by atoms with Crippen LogP contribution in [0, 0.1) is 0 Å². The molecule has 0 atom stereocenters. The highest BCUT2D eigenvalue weighted by Crippen LogP contribution is 2.11. The molecule has 0 fully saturated rings. The van der Waals surface area contributed by atoms with Crippen LogP contribution in [0.4, 0.5) is 11.4 Å². The highest BCUT2D eigenvalue weighted by molar-refractivity contribution is 5.76. The van der Waals surface area contributed by atoms with E-state index < -0.39 is 0 Å². The molecule has 0 bridgehead atoms. The summed E-state index contributed by atoms with van der Waals surface area (Å²) in [6, 6.07) is 14.9. The fourth-order valence-corrected chi connectivity index (χ4v) is 1.70. The minimum atomic E-state index is 0.718. The Kier molecular flexibility index (Phi) is 6.83. The molecule has 0 aliphatic rings. The first-order chi connectivity index (χ1) is 10.5. The Balaban J connectivity index is 0.000000220. The number of anilines is 2. The molecule has 0 aromatic heterocycles. The molecule has 2 aromatic rings. The fraction of sp³-hybridized carbons (Fsp3) is 0.222. The molecule has 2 aromatic carbocycles. The molecule has 0 saturated heterocycles. The van der Waals surface area contributed by atoms with E-state index in [4.69, 9.17) is 0 Å². The third-order valence-electron chi connectivity index (χ3n) is 3.09. The van der Waals surface area contributed by atoms with Gasteiger partial charge in [-0.25, -0.2) is 0 Å². The van der Waals surface area contributed by atoms with E-state index in [2.05, 4.69) is 0 Å². The van der Waals surface area contributed by atoms with Crippen LogP contribution in [0.3, 0.4) is 0 Å². The molecule has 2 rings (SSSR count). The zero-order valence-corrected chi connectivity index (χ0v) is 13.5. The molecule has 0 heterocycles. The van der Waals surface area contributed by atoms with Crippen molar-refractivity contribution in [2.45, 2.75) is 0 Å². The molecule has 0 amide bonds. The molecular formula is C18H22N2O2. The second-order valence-electron chi connectivity index (χ2n) is 5.21. The largest absolute Gasteiger partial charge is 0.378 e. The first-order valence-electron chi connectivity index (χ1n) is 6.93. The number of aldehydes is 2. The molecule has 4 nitrogen and oxygen atoms in total. The van der Waals surface area contributed by atoms with Crippen molar-refractivity contribution >= 4 is 23.9 Å². The van der Waals surface area contributed by atoms with Gasteiger partial charge >= 0.3 is 0 Å². The van der Waals surface area contributed by atoms with Crippen LogP contribution in [0.1, 0.15) is 20.7 Å². The lowest BCUT2D eigenvalue weighted by Crippen LogP contribution is -2.08. The van der Waals surface area contributed by atoms with E-state index in [1.807, 2.05) is 86.5 Å². The van der Waals surface area contributed by atoms with E-state index in [0.29, 0.717) is 0 Å². The van der Waals surface area contributed by atoms with Crippen LogP contribution in [0.15, 0.2) is 48.5 Å². The molecule has 4 heteroatoms. The topological polar surface area (TPSA) is 40.6 Å². The first-order valence-corrected chi connectivity index (χ1v) is 6.93. The molecular weight excluding hydrogens is 276 g/mol. The van der Waals surface area contributed by atoms with Gasteiger partial charge in [-0.1, -0.05) is 0 Å². The van der Waals surface area contributed by atoms with Crippen LogP contribution in [-0.4, -0.2) is 40.8 Å². The lowest BCUT2D eigenvalue weighted by molar-refractivity contribution is 0.111. The van der Waals surface area contributed by atoms with E-state index in [0.717, 1.165) is 35.1 Å². The van der Waals surface area contributed by atoms with Gasteiger partial charge in [-0.3, -0.25) is 9.59 Å². The minimum absolute atomic E-state index is 0.718. The Bertz CT molecular complexity index is 532. The summed E-state index contributed by atoms with van der Waals surface area (Å²) in [5.74, 6) is 0. The Morgan fingerprint density at radius 2 is 0.864 bits per heavy atom. The van der Waals surface area contributed by atoms with E-state index in [9.17, 15) is 9.59 Å². The van der Waals surface area contributed by atoms with Gasteiger partial charge < -0.3 is 9.80 Å². The molecule has 116 valence electrons. The first kappa shape index (κ1) is 17.4. The standard InChI is InChI=1S/2C9H11NO/c2*1-10(2)9-5-3-8(7-11)4-6-9/h2*3-7H,1-2H3. The van der Waals surface area contributed by atoms with Crippen molar-refractivity contribution in [2.24, 2.45) is 0 Å². The summed E-state index contributed by atoms with van der Waals surface area (Å²) in [4.78, 5) is 24.5. The summed E-state index contributed by atoms with van der Waals surface area (Å²) in [5.41, 5.74) is 3.65. The quantitative estimate of drug-likeness (QED) is 0.813. The van der Waals surface area contributed by atoms with Gasteiger partial charge in [-0.05, 0) is 48.5 Å². The maximum atomic E-state index is 10.3. The summed E-state index contributed by atoms with van der Waals surface area (Å²) in [7, 11) is 7.87. The summed E-state index contributed by atoms with van der Waals surface area (Å²) < 4.78 is 0. The molecule has 0 radical (unpaired) electrons. The molecule has 0 N–H and O–H groups in total. The highest BCUT2D eigenvalue weighted by Gasteiger charge is 1.94. The maximum Gasteiger partial charge on any atom is 0.150 e. The fourth-order valence-electron chi connectivity index (χ4n) is 1.70. The zero-order valence-electron chi connectivity index (χ0n) is 13.5.